The fourth-order valence-electron chi connectivity index (χ4n) is 1.56. The highest BCUT2D eigenvalue weighted by molar-refractivity contribution is 4.85. The molecule has 0 spiro atoms. The molecule has 0 radical (unpaired) electrons. The first kappa shape index (κ1) is 9.92. The summed E-state index contributed by atoms with van der Waals surface area (Å²) in [5, 5.41) is 18.9. The van der Waals surface area contributed by atoms with Crippen LogP contribution in [0.2, 0.25) is 0 Å². The maximum Gasteiger partial charge on any atom is 0.156 e. The van der Waals surface area contributed by atoms with E-state index in [-0.39, 0.29) is 12.1 Å². The van der Waals surface area contributed by atoms with Gasteiger partial charge in [-0.2, -0.15) is 0 Å². The molecule has 1 fully saturated rings. The fraction of sp³-hybridized carbons (Fsp3) is 1.00. The molecule has 1 heterocycles. The number of aliphatic hydroxyl groups excluding tert-OH is 2. The SMILES string of the molecule is C[C@@H]1O[C@H](O)C[C@@H](N(C)C)[C@H]1O. The van der Waals surface area contributed by atoms with E-state index in [1.54, 1.807) is 6.92 Å². The summed E-state index contributed by atoms with van der Waals surface area (Å²) in [7, 11) is 3.78. The monoisotopic (exact) mass is 175 g/mol. The van der Waals surface area contributed by atoms with Crippen LogP contribution in [0.1, 0.15) is 13.3 Å². The summed E-state index contributed by atoms with van der Waals surface area (Å²) in [5.74, 6) is 0. The highest BCUT2D eigenvalue weighted by Gasteiger charge is 2.35. The van der Waals surface area contributed by atoms with Crippen LogP contribution in [0.15, 0.2) is 0 Å². The van der Waals surface area contributed by atoms with Crippen LogP contribution in [-0.4, -0.2) is 53.7 Å². The number of aliphatic hydroxyl groups is 2. The van der Waals surface area contributed by atoms with E-state index in [9.17, 15) is 10.2 Å². The lowest BCUT2D eigenvalue weighted by Gasteiger charge is -2.39. The van der Waals surface area contributed by atoms with Gasteiger partial charge in [-0.25, -0.2) is 0 Å². The van der Waals surface area contributed by atoms with Gasteiger partial charge in [0.25, 0.3) is 0 Å². The van der Waals surface area contributed by atoms with Crippen molar-refractivity contribution in [2.24, 2.45) is 0 Å². The third-order valence-electron chi connectivity index (χ3n) is 2.35. The number of ether oxygens (including phenoxy) is 1. The van der Waals surface area contributed by atoms with Crippen LogP contribution in [0.5, 0.6) is 0 Å². The van der Waals surface area contributed by atoms with Crippen molar-refractivity contribution >= 4 is 0 Å². The van der Waals surface area contributed by atoms with E-state index in [0.29, 0.717) is 6.42 Å². The van der Waals surface area contributed by atoms with Crippen LogP contribution in [0.3, 0.4) is 0 Å². The Hall–Kier alpha value is -0.160. The van der Waals surface area contributed by atoms with Crippen molar-refractivity contribution in [2.45, 2.75) is 37.9 Å². The van der Waals surface area contributed by atoms with Crippen LogP contribution < -0.4 is 0 Å². The Morgan fingerprint density at radius 1 is 1.33 bits per heavy atom. The standard InChI is InChI=1S/C8H17NO3/c1-5-8(11)6(9(2)3)4-7(10)12-5/h5-8,10-11H,4H2,1-3H3/t5-,6+,7-,8-/m0/s1. The van der Waals surface area contributed by atoms with Crippen LogP contribution in [0, 0.1) is 0 Å². The average Bonchev–Trinajstić information content (AvgIpc) is 1.96. The highest BCUT2D eigenvalue weighted by Crippen LogP contribution is 2.21. The second kappa shape index (κ2) is 3.70. The molecule has 1 aliphatic heterocycles. The summed E-state index contributed by atoms with van der Waals surface area (Å²) in [5.41, 5.74) is 0. The van der Waals surface area contributed by atoms with E-state index in [2.05, 4.69) is 0 Å². The molecular formula is C8H17NO3. The molecule has 0 aromatic carbocycles. The molecule has 72 valence electrons. The first-order valence-electron chi connectivity index (χ1n) is 4.20. The first-order chi connectivity index (χ1) is 5.52. The van der Waals surface area contributed by atoms with Gasteiger partial charge in [0, 0.05) is 12.5 Å². The molecule has 0 aliphatic carbocycles. The summed E-state index contributed by atoms with van der Waals surface area (Å²) in [4.78, 5) is 1.91. The molecule has 0 unspecified atom stereocenters. The van der Waals surface area contributed by atoms with Crippen molar-refractivity contribution in [1.82, 2.24) is 4.90 Å². The second-order valence-corrected chi connectivity index (χ2v) is 3.55. The Labute approximate surface area is 72.7 Å². The molecule has 0 bridgehead atoms. The maximum atomic E-state index is 9.65. The lowest BCUT2D eigenvalue weighted by molar-refractivity contribution is -0.212. The Morgan fingerprint density at radius 3 is 2.42 bits per heavy atom. The molecule has 1 rings (SSSR count). The molecule has 1 saturated heterocycles. The zero-order valence-corrected chi connectivity index (χ0v) is 7.77. The Balaban J connectivity index is 2.60. The third kappa shape index (κ3) is 1.95. The number of likely N-dealkylation sites (N-methyl/N-ethyl adjacent to an activating group) is 1. The van der Waals surface area contributed by atoms with E-state index in [1.165, 1.54) is 0 Å². The molecule has 0 saturated carbocycles. The molecule has 0 amide bonds. The molecule has 4 atom stereocenters. The van der Waals surface area contributed by atoms with E-state index >= 15 is 0 Å². The molecule has 0 aromatic rings. The van der Waals surface area contributed by atoms with Gasteiger partial charge in [0.15, 0.2) is 6.29 Å². The van der Waals surface area contributed by atoms with Gasteiger partial charge in [-0.15, -0.1) is 0 Å². The minimum atomic E-state index is -0.740. The minimum Gasteiger partial charge on any atom is -0.389 e. The number of rotatable bonds is 1. The summed E-state index contributed by atoms with van der Waals surface area (Å²) >= 11 is 0. The highest BCUT2D eigenvalue weighted by atomic mass is 16.6. The van der Waals surface area contributed by atoms with Crippen molar-refractivity contribution in [3.8, 4) is 0 Å². The van der Waals surface area contributed by atoms with Crippen molar-refractivity contribution in [2.75, 3.05) is 14.1 Å². The van der Waals surface area contributed by atoms with Crippen LogP contribution in [0.25, 0.3) is 0 Å². The number of nitrogens with zero attached hydrogens (tertiary/aromatic N) is 1. The van der Waals surface area contributed by atoms with Crippen LogP contribution >= 0.6 is 0 Å². The summed E-state index contributed by atoms with van der Waals surface area (Å²) in [6.45, 7) is 1.77. The minimum absolute atomic E-state index is 0.0104. The van der Waals surface area contributed by atoms with Crippen LogP contribution in [0.4, 0.5) is 0 Å². The summed E-state index contributed by atoms with van der Waals surface area (Å²) in [6, 6.07) is -0.0104. The smallest absolute Gasteiger partial charge is 0.156 e. The van der Waals surface area contributed by atoms with Crippen LogP contribution in [-0.2, 0) is 4.74 Å². The van der Waals surface area contributed by atoms with E-state index < -0.39 is 12.4 Å². The second-order valence-electron chi connectivity index (χ2n) is 3.55. The molecule has 4 nitrogen and oxygen atoms in total. The summed E-state index contributed by atoms with van der Waals surface area (Å²) < 4.78 is 5.06. The normalized spacial score (nSPS) is 43.5. The predicted molar refractivity (Wildman–Crippen MR) is 44.7 cm³/mol. The van der Waals surface area contributed by atoms with Gasteiger partial charge in [-0.05, 0) is 21.0 Å². The Morgan fingerprint density at radius 2 is 1.92 bits per heavy atom. The van der Waals surface area contributed by atoms with Gasteiger partial charge in [-0.1, -0.05) is 0 Å². The topological polar surface area (TPSA) is 52.9 Å². The number of hydrogen-bond donors (Lipinski definition) is 2. The molecular weight excluding hydrogens is 158 g/mol. The Kier molecular flexibility index (Phi) is 3.06. The largest absolute Gasteiger partial charge is 0.389 e. The Bertz CT molecular complexity index is 151. The molecule has 0 aromatic heterocycles. The van der Waals surface area contributed by atoms with Gasteiger partial charge in [0.05, 0.1) is 12.2 Å². The quantitative estimate of drug-likeness (QED) is 0.559. The third-order valence-corrected chi connectivity index (χ3v) is 2.35. The predicted octanol–water partition coefficient (Wildman–Crippen LogP) is -0.595. The number of hydrogen-bond acceptors (Lipinski definition) is 4. The van der Waals surface area contributed by atoms with Crippen molar-refractivity contribution < 1.29 is 14.9 Å². The molecule has 4 heteroatoms. The van der Waals surface area contributed by atoms with Gasteiger partial charge in [0.2, 0.25) is 0 Å². The molecule has 12 heavy (non-hydrogen) atoms. The fourth-order valence-corrected chi connectivity index (χ4v) is 1.56. The van der Waals surface area contributed by atoms with Crippen molar-refractivity contribution in [3.63, 3.8) is 0 Å². The van der Waals surface area contributed by atoms with Gasteiger partial charge >= 0.3 is 0 Å². The van der Waals surface area contributed by atoms with E-state index in [1.807, 2.05) is 19.0 Å². The van der Waals surface area contributed by atoms with Gasteiger partial charge in [-0.3, -0.25) is 0 Å². The zero-order valence-electron chi connectivity index (χ0n) is 7.77. The lowest BCUT2D eigenvalue weighted by Crippen LogP contribution is -2.52. The van der Waals surface area contributed by atoms with Gasteiger partial charge in [0.1, 0.15) is 0 Å². The first-order valence-corrected chi connectivity index (χ1v) is 4.20. The van der Waals surface area contributed by atoms with Crippen molar-refractivity contribution in [1.29, 1.82) is 0 Å². The maximum absolute atomic E-state index is 9.65. The molecule has 1 aliphatic rings. The average molecular weight is 175 g/mol. The van der Waals surface area contributed by atoms with E-state index in [4.69, 9.17) is 4.74 Å². The van der Waals surface area contributed by atoms with Crippen molar-refractivity contribution in [3.05, 3.63) is 0 Å². The van der Waals surface area contributed by atoms with Gasteiger partial charge < -0.3 is 19.8 Å². The lowest BCUT2D eigenvalue weighted by atomic mass is 9.99. The zero-order chi connectivity index (χ0) is 9.30. The van der Waals surface area contributed by atoms with E-state index in [0.717, 1.165) is 0 Å². The molecule has 2 N–H and O–H groups in total. The summed E-state index contributed by atoms with van der Waals surface area (Å²) in [6.07, 6.45) is -1.07.